The minimum Gasteiger partial charge on any atom is -0.390 e. The van der Waals surface area contributed by atoms with Crippen LogP contribution in [0.4, 0.5) is 0 Å². The highest BCUT2D eigenvalue weighted by Gasteiger charge is 2.31. The summed E-state index contributed by atoms with van der Waals surface area (Å²) in [4.78, 5) is 0. The van der Waals surface area contributed by atoms with E-state index in [1.807, 2.05) is 0 Å². The van der Waals surface area contributed by atoms with Gasteiger partial charge in [0, 0.05) is 0 Å². The fourth-order valence-corrected chi connectivity index (χ4v) is 1.50. The van der Waals surface area contributed by atoms with Crippen molar-refractivity contribution in [3.05, 3.63) is 0 Å². The lowest BCUT2D eigenvalue weighted by Crippen LogP contribution is -2.45. The van der Waals surface area contributed by atoms with Crippen LogP contribution >= 0.6 is 0 Å². The summed E-state index contributed by atoms with van der Waals surface area (Å²) in [5, 5.41) is 37.0. The Balaban J connectivity index is 2.55. The summed E-state index contributed by atoms with van der Waals surface area (Å²) in [6, 6.07) is 0. The molecule has 1 aliphatic rings. The van der Waals surface area contributed by atoms with Gasteiger partial charge in [0.2, 0.25) is 0 Å². The summed E-state index contributed by atoms with van der Waals surface area (Å²) in [6.07, 6.45) is -1.69. The van der Waals surface area contributed by atoms with Crippen LogP contribution in [0, 0.1) is 0 Å². The molecule has 72 valence electrons. The van der Waals surface area contributed by atoms with Crippen molar-refractivity contribution in [3.63, 3.8) is 0 Å². The molecule has 1 rings (SSSR count). The zero-order chi connectivity index (χ0) is 9.14. The topological polar surface area (TPSA) is 80.9 Å². The summed E-state index contributed by atoms with van der Waals surface area (Å²) in [7, 11) is 0. The van der Waals surface area contributed by atoms with E-state index in [1.54, 1.807) is 0 Å². The lowest BCUT2D eigenvalue weighted by Gasteiger charge is -2.28. The molecule has 1 fully saturated rings. The maximum Gasteiger partial charge on any atom is 0.108 e. The van der Waals surface area contributed by atoms with Crippen molar-refractivity contribution in [1.82, 2.24) is 0 Å². The molecule has 0 unspecified atom stereocenters. The van der Waals surface area contributed by atoms with Gasteiger partial charge in [0.25, 0.3) is 0 Å². The molecule has 0 bridgehead atoms. The Hall–Kier alpha value is -0.160. The number of rotatable bonds is 0. The summed E-state index contributed by atoms with van der Waals surface area (Å²) in [5.41, 5.74) is 0. The molecule has 1 aliphatic carbocycles. The predicted molar refractivity (Wildman–Crippen MR) is 42.5 cm³/mol. The molecular weight excluding hydrogens is 160 g/mol. The van der Waals surface area contributed by atoms with Gasteiger partial charge in [0.05, 0.1) is 12.2 Å². The predicted octanol–water partition coefficient (Wildman–Crippen LogP) is -0.996. The van der Waals surface area contributed by atoms with Crippen LogP contribution in [0.1, 0.15) is 25.7 Å². The van der Waals surface area contributed by atoms with E-state index in [0.717, 1.165) is 12.8 Å². The molecule has 0 saturated heterocycles. The average Bonchev–Trinajstić information content (AvgIpc) is 2.07. The van der Waals surface area contributed by atoms with Gasteiger partial charge in [-0.25, -0.2) is 0 Å². The Labute approximate surface area is 71.5 Å². The van der Waals surface area contributed by atoms with E-state index in [9.17, 15) is 20.4 Å². The number of aliphatic hydroxyl groups excluding tert-OH is 4. The smallest absolute Gasteiger partial charge is 0.108 e. The van der Waals surface area contributed by atoms with Crippen LogP contribution < -0.4 is 0 Å². The standard InChI is InChI=1S/C8H16O4/c9-5-3-1-2-4-6(10)8(12)7(5)11/h5-12H,1-4H2/t5-,6+,7-,8-/m0/s1. The second-order valence-corrected chi connectivity index (χ2v) is 3.40. The highest BCUT2D eigenvalue weighted by Crippen LogP contribution is 2.18. The molecule has 12 heavy (non-hydrogen) atoms. The fourth-order valence-electron chi connectivity index (χ4n) is 1.50. The number of aliphatic hydroxyl groups is 4. The van der Waals surface area contributed by atoms with E-state index in [4.69, 9.17) is 0 Å². The molecule has 4 N–H and O–H groups in total. The molecule has 0 aromatic rings. The Morgan fingerprint density at radius 3 is 1.33 bits per heavy atom. The van der Waals surface area contributed by atoms with Crippen LogP contribution in [-0.4, -0.2) is 44.8 Å². The summed E-state index contributed by atoms with van der Waals surface area (Å²) in [6.45, 7) is 0. The largest absolute Gasteiger partial charge is 0.390 e. The molecule has 4 heteroatoms. The minimum absolute atomic E-state index is 0.491. The Kier molecular flexibility index (Phi) is 3.46. The van der Waals surface area contributed by atoms with Gasteiger partial charge in [-0.2, -0.15) is 0 Å². The van der Waals surface area contributed by atoms with Crippen molar-refractivity contribution in [1.29, 1.82) is 0 Å². The Bertz CT molecular complexity index is 123. The molecule has 0 heterocycles. The Morgan fingerprint density at radius 2 is 1.00 bits per heavy atom. The third-order valence-corrected chi connectivity index (χ3v) is 2.39. The van der Waals surface area contributed by atoms with Crippen LogP contribution in [0.2, 0.25) is 0 Å². The molecule has 4 atom stereocenters. The first kappa shape index (κ1) is 9.92. The van der Waals surface area contributed by atoms with Crippen LogP contribution in [-0.2, 0) is 0 Å². The first-order chi connectivity index (χ1) is 5.63. The summed E-state index contributed by atoms with van der Waals surface area (Å²) < 4.78 is 0. The molecule has 0 aromatic carbocycles. The highest BCUT2D eigenvalue weighted by atomic mass is 16.4. The maximum atomic E-state index is 9.26. The number of hydrogen-bond donors (Lipinski definition) is 4. The summed E-state index contributed by atoms with van der Waals surface area (Å²) in [5.74, 6) is 0. The second kappa shape index (κ2) is 4.18. The second-order valence-electron chi connectivity index (χ2n) is 3.40. The van der Waals surface area contributed by atoms with E-state index in [2.05, 4.69) is 0 Å². The molecule has 0 radical (unpaired) electrons. The van der Waals surface area contributed by atoms with Gasteiger partial charge in [-0.05, 0) is 12.8 Å². The SMILES string of the molecule is O[C@@H]1[C@@H](O)[C@@H](O)CCCC[C@H]1O. The van der Waals surface area contributed by atoms with E-state index in [0.29, 0.717) is 12.8 Å². The van der Waals surface area contributed by atoms with Crippen molar-refractivity contribution in [2.24, 2.45) is 0 Å². The lowest BCUT2D eigenvalue weighted by molar-refractivity contribution is -0.114. The van der Waals surface area contributed by atoms with Crippen LogP contribution in [0.5, 0.6) is 0 Å². The normalized spacial score (nSPS) is 45.0. The first-order valence-electron chi connectivity index (χ1n) is 4.35. The number of hydrogen-bond acceptors (Lipinski definition) is 4. The molecule has 0 aliphatic heterocycles. The lowest BCUT2D eigenvalue weighted by atomic mass is 9.92. The van der Waals surface area contributed by atoms with E-state index < -0.39 is 24.4 Å². The zero-order valence-electron chi connectivity index (χ0n) is 6.93. The molecule has 0 amide bonds. The van der Waals surface area contributed by atoms with Gasteiger partial charge < -0.3 is 20.4 Å². The van der Waals surface area contributed by atoms with E-state index in [1.165, 1.54) is 0 Å². The van der Waals surface area contributed by atoms with Crippen molar-refractivity contribution >= 4 is 0 Å². The van der Waals surface area contributed by atoms with Gasteiger partial charge >= 0.3 is 0 Å². The van der Waals surface area contributed by atoms with Gasteiger partial charge in [-0.3, -0.25) is 0 Å². The highest BCUT2D eigenvalue weighted by molar-refractivity contribution is 4.82. The van der Waals surface area contributed by atoms with Gasteiger partial charge in [-0.15, -0.1) is 0 Å². The van der Waals surface area contributed by atoms with Crippen molar-refractivity contribution in [3.8, 4) is 0 Å². The molecule has 0 spiro atoms. The van der Waals surface area contributed by atoms with E-state index >= 15 is 0 Å². The van der Waals surface area contributed by atoms with Gasteiger partial charge in [0.15, 0.2) is 0 Å². The van der Waals surface area contributed by atoms with Crippen molar-refractivity contribution < 1.29 is 20.4 Å². The molecular formula is C8H16O4. The van der Waals surface area contributed by atoms with Gasteiger partial charge in [-0.1, -0.05) is 12.8 Å². The van der Waals surface area contributed by atoms with Crippen molar-refractivity contribution in [2.75, 3.05) is 0 Å². The van der Waals surface area contributed by atoms with Gasteiger partial charge in [0.1, 0.15) is 12.2 Å². The van der Waals surface area contributed by atoms with Crippen LogP contribution in [0.3, 0.4) is 0 Å². The summed E-state index contributed by atoms with van der Waals surface area (Å²) >= 11 is 0. The third kappa shape index (κ3) is 2.17. The quantitative estimate of drug-likeness (QED) is 0.382. The zero-order valence-corrected chi connectivity index (χ0v) is 6.93. The van der Waals surface area contributed by atoms with Crippen LogP contribution in [0.25, 0.3) is 0 Å². The monoisotopic (exact) mass is 176 g/mol. The fraction of sp³-hybridized carbons (Fsp3) is 1.00. The van der Waals surface area contributed by atoms with E-state index in [-0.39, 0.29) is 0 Å². The average molecular weight is 176 g/mol. The Morgan fingerprint density at radius 1 is 0.667 bits per heavy atom. The molecule has 4 nitrogen and oxygen atoms in total. The molecule has 0 aromatic heterocycles. The van der Waals surface area contributed by atoms with Crippen molar-refractivity contribution in [2.45, 2.75) is 50.1 Å². The first-order valence-corrected chi connectivity index (χ1v) is 4.35. The molecule has 1 saturated carbocycles. The van der Waals surface area contributed by atoms with Crippen LogP contribution in [0.15, 0.2) is 0 Å². The third-order valence-electron chi connectivity index (χ3n) is 2.39. The minimum atomic E-state index is -1.21. The maximum absolute atomic E-state index is 9.26.